The van der Waals surface area contributed by atoms with E-state index in [1.165, 1.54) is 10.6 Å². The van der Waals surface area contributed by atoms with Gasteiger partial charge in [-0.1, -0.05) is 118 Å². The zero-order chi connectivity index (χ0) is 35.6. The summed E-state index contributed by atoms with van der Waals surface area (Å²) in [7, 11) is 0. The second-order valence-corrected chi connectivity index (χ2v) is 14.5. The lowest BCUT2D eigenvalue weighted by atomic mass is 10.00. The molecule has 7 aromatic rings. The highest BCUT2D eigenvalue weighted by Gasteiger charge is 2.27. The number of aryl methyl sites for hydroxylation is 2. The normalized spacial score (nSPS) is 12.6. The van der Waals surface area contributed by atoms with Crippen LogP contribution in [0.4, 0.5) is 17.1 Å². The molecule has 0 saturated heterocycles. The quantitative estimate of drug-likeness (QED) is 0.165. The number of ether oxygens (including phenoxy) is 1. The Kier molecular flexibility index (Phi) is 9.42. The smallest absolute Gasteiger partial charge is 0.152 e. The first-order valence-corrected chi connectivity index (χ1v) is 19.6. The Morgan fingerprint density at radius 1 is 0.692 bits per heavy atom. The fourth-order valence-corrected chi connectivity index (χ4v) is 8.80. The van der Waals surface area contributed by atoms with Crippen molar-refractivity contribution in [1.29, 1.82) is 0 Å². The molecule has 0 fully saturated rings. The molecule has 6 heteroatoms. The first-order valence-electron chi connectivity index (χ1n) is 18.0. The molecule has 0 radical (unpaired) electrons. The monoisotopic (exact) mass is 713 g/mol. The molecule has 1 aliphatic carbocycles. The number of benzene rings is 5. The molecule has 0 spiro atoms. The highest BCUT2D eigenvalue weighted by atomic mass is 32.1. The molecule has 4 nitrogen and oxygen atoms in total. The molecule has 256 valence electrons. The number of hydrogen-bond donors (Lipinski definition) is 0. The van der Waals surface area contributed by atoms with Crippen molar-refractivity contribution in [3.8, 4) is 54.9 Å². The molecule has 1 aliphatic heterocycles. The highest BCUT2D eigenvalue weighted by Crippen LogP contribution is 2.52. The van der Waals surface area contributed by atoms with Crippen molar-refractivity contribution in [2.75, 3.05) is 4.90 Å². The number of hydrogen-bond acceptors (Lipinski definition) is 6. The summed E-state index contributed by atoms with van der Waals surface area (Å²) < 4.78 is 6.75. The summed E-state index contributed by atoms with van der Waals surface area (Å²) >= 11 is 3.47. The van der Waals surface area contributed by atoms with Gasteiger partial charge >= 0.3 is 0 Å². The second-order valence-electron chi connectivity index (χ2n) is 12.5. The van der Waals surface area contributed by atoms with Crippen molar-refractivity contribution in [1.82, 2.24) is 9.97 Å². The van der Waals surface area contributed by atoms with E-state index in [1.54, 1.807) is 22.7 Å². The zero-order valence-electron chi connectivity index (χ0n) is 29.6. The average Bonchev–Trinajstić information content (AvgIpc) is 3.85. The molecule has 0 saturated carbocycles. The lowest BCUT2D eigenvalue weighted by Crippen LogP contribution is -2.15. The van der Waals surface area contributed by atoms with Gasteiger partial charge in [-0.05, 0) is 84.0 Å². The summed E-state index contributed by atoms with van der Waals surface area (Å²) in [5.74, 6) is 1.64. The number of para-hydroxylation sites is 1. The van der Waals surface area contributed by atoms with Crippen molar-refractivity contribution in [3.63, 3.8) is 0 Å². The van der Waals surface area contributed by atoms with E-state index >= 15 is 0 Å². The van der Waals surface area contributed by atoms with Gasteiger partial charge in [-0.15, -0.1) is 22.7 Å². The fraction of sp³-hybridized carbons (Fsp3) is 0.130. The number of fused-ring (bicyclic) bond motifs is 3. The summed E-state index contributed by atoms with van der Waals surface area (Å²) in [5.41, 5.74) is 12.2. The molecule has 2 aromatic heterocycles. The van der Waals surface area contributed by atoms with E-state index < -0.39 is 0 Å². The predicted molar refractivity (Wildman–Crippen MR) is 222 cm³/mol. The Balaban J connectivity index is 0.00000190. The minimum absolute atomic E-state index is 0.820. The maximum atomic E-state index is 6.75. The molecular weight excluding hydrogens is 675 g/mol. The molecule has 0 atom stereocenters. The Morgan fingerprint density at radius 2 is 1.25 bits per heavy atom. The SMILES string of the molecule is C=Cc1sc(-c2ccc(-c3ccc4c(c3)Oc3cc(-c5ccc(-c6nc7c(s6)C=CCC7)cc5)ccc3N4c3ccccc3)cc2)nc1CC.CC. The van der Waals surface area contributed by atoms with Crippen LogP contribution in [0, 0.1) is 0 Å². The number of anilines is 3. The zero-order valence-corrected chi connectivity index (χ0v) is 31.2. The number of thiazole rings is 2. The number of aromatic nitrogens is 2. The molecule has 5 aromatic carbocycles. The molecule has 3 heterocycles. The van der Waals surface area contributed by atoms with Gasteiger partial charge in [0.05, 0.1) is 32.5 Å². The maximum absolute atomic E-state index is 6.75. The van der Waals surface area contributed by atoms with E-state index in [4.69, 9.17) is 14.7 Å². The standard InChI is InChI=1S/C44H33N3OS2.C2H6/c1-3-35-41(4-2)49-43(45-35)30-18-14-28(15-19-30)32-22-24-37-39(26-32)48-40-27-33(23-25-38(40)47(37)34-10-6-5-7-11-34)29-16-20-31(21-17-29)44-46-36-12-8-9-13-42(36)50-44;1-2/h4-7,9-11,13-27H,2-3,8,12H2,1H3;1-2H3. The Morgan fingerprint density at radius 3 is 1.79 bits per heavy atom. The first kappa shape index (κ1) is 33.6. The largest absolute Gasteiger partial charge is 0.453 e. The van der Waals surface area contributed by atoms with Gasteiger partial charge in [0.15, 0.2) is 11.5 Å². The molecule has 9 rings (SSSR count). The second kappa shape index (κ2) is 14.6. The molecular formula is C46H39N3OS2. The Hall–Kier alpha value is -5.56. The summed E-state index contributed by atoms with van der Waals surface area (Å²) in [4.78, 5) is 14.5. The van der Waals surface area contributed by atoms with Crippen LogP contribution in [0.5, 0.6) is 11.5 Å². The minimum atomic E-state index is 0.820. The van der Waals surface area contributed by atoms with Crippen LogP contribution in [0.25, 0.3) is 55.5 Å². The van der Waals surface area contributed by atoms with Gasteiger partial charge in [-0.25, -0.2) is 9.97 Å². The highest BCUT2D eigenvalue weighted by molar-refractivity contribution is 7.16. The van der Waals surface area contributed by atoms with Crippen LogP contribution < -0.4 is 9.64 Å². The third-order valence-electron chi connectivity index (χ3n) is 9.36. The summed E-state index contributed by atoms with van der Waals surface area (Å²) in [5, 5.41) is 2.11. The molecule has 0 N–H and O–H groups in total. The van der Waals surface area contributed by atoms with Crippen molar-refractivity contribution in [3.05, 3.63) is 149 Å². The van der Waals surface area contributed by atoms with Crippen molar-refractivity contribution >= 4 is 51.9 Å². The topological polar surface area (TPSA) is 38.2 Å². The third-order valence-corrected chi connectivity index (χ3v) is 11.6. The predicted octanol–water partition coefficient (Wildman–Crippen LogP) is 14.0. The number of allylic oxidation sites excluding steroid dienone is 1. The van der Waals surface area contributed by atoms with E-state index in [9.17, 15) is 0 Å². The third kappa shape index (κ3) is 6.29. The van der Waals surface area contributed by atoms with Crippen LogP contribution in [-0.4, -0.2) is 9.97 Å². The number of rotatable bonds is 7. The molecule has 0 bridgehead atoms. The van der Waals surface area contributed by atoms with Crippen molar-refractivity contribution in [2.45, 2.75) is 40.0 Å². The van der Waals surface area contributed by atoms with Crippen LogP contribution in [0.15, 0.2) is 128 Å². The Bertz CT molecular complexity index is 2300. The van der Waals surface area contributed by atoms with E-state index in [2.05, 4.69) is 146 Å². The maximum Gasteiger partial charge on any atom is 0.152 e. The van der Waals surface area contributed by atoms with E-state index in [0.717, 1.165) is 102 Å². The van der Waals surface area contributed by atoms with Crippen molar-refractivity contribution < 1.29 is 4.74 Å². The van der Waals surface area contributed by atoms with Crippen LogP contribution >= 0.6 is 22.7 Å². The summed E-state index contributed by atoms with van der Waals surface area (Å²) in [6.07, 6.45) is 9.35. The van der Waals surface area contributed by atoms with E-state index in [0.29, 0.717) is 0 Å². The van der Waals surface area contributed by atoms with Gasteiger partial charge in [0.1, 0.15) is 10.0 Å². The van der Waals surface area contributed by atoms with Gasteiger partial charge in [0, 0.05) is 16.8 Å². The van der Waals surface area contributed by atoms with E-state index in [1.807, 2.05) is 19.9 Å². The lowest BCUT2D eigenvalue weighted by Gasteiger charge is -2.33. The summed E-state index contributed by atoms with van der Waals surface area (Å²) in [6, 6.07) is 40.9. The molecule has 2 aliphatic rings. The molecule has 52 heavy (non-hydrogen) atoms. The van der Waals surface area contributed by atoms with Crippen LogP contribution in [0.3, 0.4) is 0 Å². The Labute approximate surface area is 314 Å². The van der Waals surface area contributed by atoms with Gasteiger partial charge in [-0.3, -0.25) is 0 Å². The van der Waals surface area contributed by atoms with Gasteiger partial charge in [0.2, 0.25) is 0 Å². The fourth-order valence-electron chi connectivity index (χ4n) is 6.74. The molecule has 0 amide bonds. The average molecular weight is 714 g/mol. The minimum Gasteiger partial charge on any atom is -0.453 e. The van der Waals surface area contributed by atoms with Crippen LogP contribution in [0.2, 0.25) is 0 Å². The van der Waals surface area contributed by atoms with Crippen molar-refractivity contribution in [2.24, 2.45) is 0 Å². The summed E-state index contributed by atoms with van der Waals surface area (Å²) in [6.45, 7) is 10.1. The van der Waals surface area contributed by atoms with Gasteiger partial charge in [0.25, 0.3) is 0 Å². The lowest BCUT2D eigenvalue weighted by molar-refractivity contribution is 0.477. The van der Waals surface area contributed by atoms with Crippen LogP contribution in [0.1, 0.15) is 48.3 Å². The number of nitrogens with zero attached hydrogens (tertiary/aromatic N) is 3. The molecule has 0 unspecified atom stereocenters. The van der Waals surface area contributed by atoms with Gasteiger partial charge < -0.3 is 9.64 Å². The van der Waals surface area contributed by atoms with E-state index in [-0.39, 0.29) is 0 Å². The first-order chi connectivity index (χ1) is 25.6. The van der Waals surface area contributed by atoms with Gasteiger partial charge in [-0.2, -0.15) is 0 Å². The van der Waals surface area contributed by atoms with Crippen LogP contribution in [-0.2, 0) is 12.8 Å².